The first-order valence-corrected chi connectivity index (χ1v) is 3.83. The summed E-state index contributed by atoms with van der Waals surface area (Å²) < 4.78 is 0. The predicted molar refractivity (Wildman–Crippen MR) is 24.6 cm³/mol. The van der Waals surface area contributed by atoms with Gasteiger partial charge in [0, 0.05) is 0 Å². The second kappa shape index (κ2) is 2.11. The molecule has 0 radical (unpaired) electrons. The minimum absolute atomic E-state index is 0.613. The quantitative estimate of drug-likeness (QED) is 0.448. The zero-order chi connectivity index (χ0) is 4.24. The van der Waals surface area contributed by atoms with E-state index in [1.807, 2.05) is 0 Å². The molecule has 1 rings (SSSR count). The van der Waals surface area contributed by atoms with Crippen LogP contribution in [-0.4, -0.2) is 20.4 Å². The van der Waals surface area contributed by atoms with Gasteiger partial charge in [0.15, 0.2) is 0 Å². The van der Waals surface area contributed by atoms with Gasteiger partial charge in [-0.25, -0.2) is 0 Å². The van der Waals surface area contributed by atoms with Crippen LogP contribution in [0, 0.1) is 0 Å². The van der Waals surface area contributed by atoms with E-state index in [-0.39, 0.29) is 0 Å². The third-order valence-electron chi connectivity index (χ3n) is 0.438. The molecule has 0 bridgehead atoms. The van der Waals surface area contributed by atoms with E-state index in [9.17, 15) is 0 Å². The fourth-order valence-corrected chi connectivity index (χ4v) is 0.982. The Bertz CT molecular complexity index is 74.8. The molecule has 1 aliphatic heterocycles. The topological polar surface area (TPSA) is 24.7 Å². The van der Waals surface area contributed by atoms with Crippen molar-refractivity contribution >= 4 is 15.0 Å². The van der Waals surface area contributed by atoms with Crippen molar-refractivity contribution in [2.75, 3.05) is 5.44 Å². The molecule has 2 nitrogen and oxygen atoms in total. The Balaban J connectivity index is 2.46. The van der Waals surface area contributed by atoms with Crippen LogP contribution in [0.2, 0.25) is 0 Å². The second-order valence-corrected chi connectivity index (χ2v) is 2.65. The first-order valence-electron chi connectivity index (χ1n) is 1.63. The van der Waals surface area contributed by atoms with Gasteiger partial charge < -0.3 is 0 Å². The SMILES string of the molecule is C1=C[Se]CN=N1. The standard InChI is InChI=1S/C3H4N2Se/c1-2-6-3-5-4-1/h1-2H,3H2. The maximum atomic E-state index is 3.74. The monoisotopic (exact) mass is 148 g/mol. The molecule has 0 saturated carbocycles. The van der Waals surface area contributed by atoms with Gasteiger partial charge in [0.05, 0.1) is 0 Å². The van der Waals surface area contributed by atoms with Crippen LogP contribution in [0.1, 0.15) is 0 Å². The van der Waals surface area contributed by atoms with Crippen LogP contribution in [0.4, 0.5) is 0 Å². The summed E-state index contributed by atoms with van der Waals surface area (Å²) in [5.74, 6) is 0. The van der Waals surface area contributed by atoms with Gasteiger partial charge in [0.25, 0.3) is 0 Å². The Morgan fingerprint density at radius 2 is 2.67 bits per heavy atom. The number of nitrogens with zero attached hydrogens (tertiary/aromatic N) is 2. The molecule has 0 aromatic heterocycles. The summed E-state index contributed by atoms with van der Waals surface area (Å²) in [4.78, 5) is 2.07. The van der Waals surface area contributed by atoms with Gasteiger partial charge in [-0.2, -0.15) is 0 Å². The van der Waals surface area contributed by atoms with Crippen LogP contribution >= 0.6 is 0 Å². The molecule has 0 saturated heterocycles. The van der Waals surface area contributed by atoms with E-state index in [4.69, 9.17) is 0 Å². The van der Waals surface area contributed by atoms with Gasteiger partial charge in [0.2, 0.25) is 0 Å². The molecule has 0 N–H and O–H groups in total. The third-order valence-corrected chi connectivity index (χ3v) is 1.65. The van der Waals surface area contributed by atoms with Crippen molar-refractivity contribution in [3.05, 3.63) is 11.2 Å². The van der Waals surface area contributed by atoms with Crippen molar-refractivity contribution in [2.24, 2.45) is 10.2 Å². The third kappa shape index (κ3) is 0.919. The summed E-state index contributed by atoms with van der Waals surface area (Å²) in [6, 6.07) is 0. The van der Waals surface area contributed by atoms with Gasteiger partial charge in [-0.05, 0) is 0 Å². The molecule has 0 unspecified atom stereocenters. The molecule has 1 heterocycles. The fraction of sp³-hybridized carbons (Fsp3) is 0.333. The summed E-state index contributed by atoms with van der Waals surface area (Å²) in [7, 11) is 0. The molecular formula is C3H4N2Se. The number of hydrogen-bond acceptors (Lipinski definition) is 2. The van der Waals surface area contributed by atoms with Crippen molar-refractivity contribution in [2.45, 2.75) is 0 Å². The molecule has 3 heteroatoms. The van der Waals surface area contributed by atoms with E-state index in [0.29, 0.717) is 15.0 Å². The van der Waals surface area contributed by atoms with E-state index in [1.54, 1.807) is 6.20 Å². The summed E-state index contributed by atoms with van der Waals surface area (Å²) >= 11 is 0.613. The summed E-state index contributed by atoms with van der Waals surface area (Å²) in [6.07, 6.45) is 1.75. The molecule has 0 atom stereocenters. The number of hydrogen-bond donors (Lipinski definition) is 0. The summed E-state index contributed by atoms with van der Waals surface area (Å²) in [5.41, 5.74) is 0.934. The zero-order valence-electron chi connectivity index (χ0n) is 3.16. The molecule has 6 heavy (non-hydrogen) atoms. The minimum atomic E-state index is 0.613. The van der Waals surface area contributed by atoms with Gasteiger partial charge >= 0.3 is 41.8 Å². The fourth-order valence-electron chi connectivity index (χ4n) is 0.227. The van der Waals surface area contributed by atoms with Crippen LogP contribution in [-0.2, 0) is 0 Å². The second-order valence-electron chi connectivity index (χ2n) is 0.838. The average Bonchev–Trinajstić information content (AvgIpc) is 1.72. The summed E-state index contributed by atoms with van der Waals surface area (Å²) in [5, 5.41) is 7.38. The van der Waals surface area contributed by atoms with E-state index in [2.05, 4.69) is 15.2 Å². The molecule has 32 valence electrons. The van der Waals surface area contributed by atoms with Crippen molar-refractivity contribution in [3.63, 3.8) is 0 Å². The Morgan fingerprint density at radius 3 is 2.83 bits per heavy atom. The molecule has 0 aromatic rings. The van der Waals surface area contributed by atoms with Gasteiger partial charge in [0.1, 0.15) is 0 Å². The van der Waals surface area contributed by atoms with E-state index in [1.165, 1.54) is 0 Å². The molecule has 0 aliphatic carbocycles. The molecule has 0 amide bonds. The van der Waals surface area contributed by atoms with Gasteiger partial charge in [-0.1, -0.05) is 0 Å². The molecule has 0 fully saturated rings. The normalized spacial score (nSPS) is 18.7. The Labute approximate surface area is 42.5 Å². The van der Waals surface area contributed by atoms with Crippen molar-refractivity contribution < 1.29 is 0 Å². The molecular weight excluding hydrogens is 143 g/mol. The van der Waals surface area contributed by atoms with E-state index < -0.39 is 0 Å². The number of azo groups is 1. The first-order chi connectivity index (χ1) is 3.00. The van der Waals surface area contributed by atoms with Crippen molar-refractivity contribution in [3.8, 4) is 0 Å². The molecule has 0 aromatic carbocycles. The van der Waals surface area contributed by atoms with Gasteiger partial charge in [-0.15, -0.1) is 0 Å². The summed E-state index contributed by atoms with van der Waals surface area (Å²) in [6.45, 7) is 0. The van der Waals surface area contributed by atoms with Crippen LogP contribution in [0.3, 0.4) is 0 Å². The Kier molecular flexibility index (Phi) is 1.42. The van der Waals surface area contributed by atoms with Crippen molar-refractivity contribution in [1.82, 2.24) is 0 Å². The molecule has 0 spiro atoms. The van der Waals surface area contributed by atoms with Crippen molar-refractivity contribution in [1.29, 1.82) is 0 Å². The van der Waals surface area contributed by atoms with Crippen LogP contribution in [0.25, 0.3) is 0 Å². The zero-order valence-corrected chi connectivity index (χ0v) is 4.88. The van der Waals surface area contributed by atoms with E-state index >= 15 is 0 Å². The van der Waals surface area contributed by atoms with E-state index in [0.717, 1.165) is 5.44 Å². The first kappa shape index (κ1) is 4.03. The molecule has 1 aliphatic rings. The Morgan fingerprint density at radius 1 is 1.67 bits per heavy atom. The van der Waals surface area contributed by atoms with Crippen LogP contribution in [0.5, 0.6) is 0 Å². The average molecular weight is 147 g/mol. The maximum absolute atomic E-state index is 3.74. The van der Waals surface area contributed by atoms with Crippen LogP contribution in [0.15, 0.2) is 21.4 Å². The number of rotatable bonds is 0. The predicted octanol–water partition coefficient (Wildman–Crippen LogP) is 0.585. The van der Waals surface area contributed by atoms with Crippen LogP contribution < -0.4 is 0 Å². The Hall–Kier alpha value is -0.141. The van der Waals surface area contributed by atoms with Gasteiger partial charge in [-0.3, -0.25) is 0 Å².